The second-order valence-electron chi connectivity index (χ2n) is 7.31. The molecule has 1 aromatic heterocycles. The lowest BCUT2D eigenvalue weighted by Crippen LogP contribution is -2.47. The Hall–Kier alpha value is -2.95. The Bertz CT molecular complexity index is 972. The number of hydrogen-bond donors (Lipinski definition) is 0. The van der Waals surface area contributed by atoms with Crippen LogP contribution in [0.1, 0.15) is 26.3 Å². The van der Waals surface area contributed by atoms with Gasteiger partial charge in [0.15, 0.2) is 0 Å². The van der Waals surface area contributed by atoms with Gasteiger partial charge in [-0.3, -0.25) is 14.2 Å². The van der Waals surface area contributed by atoms with Crippen molar-refractivity contribution in [1.82, 2.24) is 14.5 Å². The van der Waals surface area contributed by atoms with Crippen molar-refractivity contribution >= 4 is 16.9 Å². The fraction of sp³-hybridized carbons (Fsp3) is 0.286. The lowest BCUT2D eigenvalue weighted by atomic mass is 10.0. The van der Waals surface area contributed by atoms with Crippen LogP contribution in [0.3, 0.4) is 0 Å². The van der Waals surface area contributed by atoms with E-state index in [9.17, 15) is 9.59 Å². The van der Waals surface area contributed by atoms with E-state index in [2.05, 4.69) is 4.98 Å². The van der Waals surface area contributed by atoms with Crippen LogP contribution in [0.2, 0.25) is 0 Å². The van der Waals surface area contributed by atoms with Crippen molar-refractivity contribution < 1.29 is 4.79 Å². The molecule has 1 amide bonds. The van der Waals surface area contributed by atoms with E-state index in [0.29, 0.717) is 17.6 Å². The molecule has 0 aliphatic rings. The molecule has 5 heteroatoms. The number of rotatable bonds is 4. The topological polar surface area (TPSA) is 55.2 Å². The normalized spacial score (nSPS) is 11.5. The Morgan fingerprint density at radius 1 is 1.04 bits per heavy atom. The zero-order valence-electron chi connectivity index (χ0n) is 15.3. The molecule has 3 aromatic rings. The first-order valence-corrected chi connectivity index (χ1v) is 8.65. The van der Waals surface area contributed by atoms with Gasteiger partial charge in [-0.1, -0.05) is 42.5 Å². The van der Waals surface area contributed by atoms with Gasteiger partial charge in [0, 0.05) is 12.1 Å². The Morgan fingerprint density at radius 3 is 2.38 bits per heavy atom. The Kier molecular flexibility index (Phi) is 4.89. The smallest absolute Gasteiger partial charge is 0.269 e. The molecule has 26 heavy (non-hydrogen) atoms. The van der Waals surface area contributed by atoms with Crippen molar-refractivity contribution in [2.45, 2.75) is 39.4 Å². The molecule has 0 aliphatic carbocycles. The maximum atomic E-state index is 13.1. The summed E-state index contributed by atoms with van der Waals surface area (Å²) in [6.45, 7) is 6.50. The highest BCUT2D eigenvalue weighted by Gasteiger charge is 2.27. The predicted octanol–water partition coefficient (Wildman–Crippen LogP) is 3.22. The minimum atomic E-state index is -0.362. The SMILES string of the molecule is CC(C)(C)N(Cc1ccccc1)C(=O)Cn1c(=O)cnc2ccccc21. The first-order valence-electron chi connectivity index (χ1n) is 8.65. The molecule has 5 nitrogen and oxygen atoms in total. The van der Waals surface area contributed by atoms with Gasteiger partial charge in [-0.2, -0.15) is 0 Å². The maximum absolute atomic E-state index is 13.1. The van der Waals surface area contributed by atoms with Gasteiger partial charge in [0.2, 0.25) is 5.91 Å². The van der Waals surface area contributed by atoms with Crippen LogP contribution in [0.4, 0.5) is 0 Å². The van der Waals surface area contributed by atoms with Gasteiger partial charge in [-0.15, -0.1) is 0 Å². The van der Waals surface area contributed by atoms with Crippen molar-refractivity contribution in [2.24, 2.45) is 0 Å². The van der Waals surface area contributed by atoms with Crippen LogP contribution in [0.5, 0.6) is 0 Å². The monoisotopic (exact) mass is 349 g/mol. The summed E-state index contributed by atoms with van der Waals surface area (Å²) in [6, 6.07) is 17.2. The lowest BCUT2D eigenvalue weighted by Gasteiger charge is -2.36. The van der Waals surface area contributed by atoms with Crippen LogP contribution < -0.4 is 5.56 Å². The van der Waals surface area contributed by atoms with E-state index in [0.717, 1.165) is 5.56 Å². The molecule has 0 fully saturated rings. The number of aromatic nitrogens is 2. The van der Waals surface area contributed by atoms with Crippen molar-refractivity contribution in [1.29, 1.82) is 0 Å². The average Bonchev–Trinajstić information content (AvgIpc) is 2.62. The van der Waals surface area contributed by atoms with Crippen molar-refractivity contribution in [3.63, 3.8) is 0 Å². The quantitative estimate of drug-likeness (QED) is 0.727. The van der Waals surface area contributed by atoms with Gasteiger partial charge >= 0.3 is 0 Å². The van der Waals surface area contributed by atoms with Gasteiger partial charge in [-0.05, 0) is 38.5 Å². The summed E-state index contributed by atoms with van der Waals surface area (Å²) in [7, 11) is 0. The van der Waals surface area contributed by atoms with Crippen molar-refractivity contribution in [2.75, 3.05) is 0 Å². The number of para-hydroxylation sites is 2. The molecule has 0 unspecified atom stereocenters. The summed E-state index contributed by atoms with van der Waals surface area (Å²) in [5, 5.41) is 0. The first kappa shape index (κ1) is 17.9. The zero-order chi connectivity index (χ0) is 18.7. The zero-order valence-corrected chi connectivity index (χ0v) is 15.3. The minimum Gasteiger partial charge on any atom is -0.332 e. The second kappa shape index (κ2) is 7.12. The Balaban J connectivity index is 1.94. The first-order chi connectivity index (χ1) is 12.4. The van der Waals surface area contributed by atoms with Crippen LogP contribution >= 0.6 is 0 Å². The molecule has 2 aromatic carbocycles. The number of fused-ring (bicyclic) bond motifs is 1. The van der Waals surface area contributed by atoms with E-state index in [1.807, 2.05) is 80.3 Å². The lowest BCUT2D eigenvalue weighted by molar-refractivity contribution is -0.137. The van der Waals surface area contributed by atoms with E-state index in [1.54, 1.807) is 0 Å². The Labute approximate surface area is 152 Å². The summed E-state index contributed by atoms with van der Waals surface area (Å²) in [5.41, 5.74) is 1.79. The third-order valence-corrected chi connectivity index (χ3v) is 4.34. The molecule has 134 valence electrons. The molecule has 0 aliphatic heterocycles. The van der Waals surface area contributed by atoms with E-state index in [-0.39, 0.29) is 23.6 Å². The third-order valence-electron chi connectivity index (χ3n) is 4.34. The van der Waals surface area contributed by atoms with Gasteiger partial charge in [0.25, 0.3) is 5.56 Å². The van der Waals surface area contributed by atoms with Crippen LogP contribution in [-0.2, 0) is 17.9 Å². The Morgan fingerprint density at radius 2 is 1.69 bits per heavy atom. The highest BCUT2D eigenvalue weighted by Crippen LogP contribution is 2.19. The molecule has 0 atom stereocenters. The number of nitrogens with zero attached hydrogens (tertiary/aromatic N) is 3. The maximum Gasteiger partial charge on any atom is 0.269 e. The van der Waals surface area contributed by atoms with Crippen molar-refractivity contribution in [3.8, 4) is 0 Å². The van der Waals surface area contributed by atoms with Crippen LogP contribution in [0.25, 0.3) is 11.0 Å². The van der Waals surface area contributed by atoms with Gasteiger partial charge in [0.1, 0.15) is 6.54 Å². The number of benzene rings is 2. The number of carbonyl (C=O) groups is 1. The number of hydrogen-bond acceptors (Lipinski definition) is 3. The summed E-state index contributed by atoms with van der Waals surface area (Å²) in [5.74, 6) is -0.0974. The summed E-state index contributed by atoms with van der Waals surface area (Å²) >= 11 is 0. The molecule has 0 saturated carbocycles. The van der Waals surface area contributed by atoms with Crippen molar-refractivity contribution in [3.05, 3.63) is 76.7 Å². The molecule has 1 heterocycles. The molecule has 0 bridgehead atoms. The molecule has 3 rings (SSSR count). The number of amides is 1. The summed E-state index contributed by atoms with van der Waals surface area (Å²) in [6.07, 6.45) is 1.27. The molecular weight excluding hydrogens is 326 g/mol. The van der Waals surface area contributed by atoms with Gasteiger partial charge in [0.05, 0.1) is 17.2 Å². The highest BCUT2D eigenvalue weighted by molar-refractivity contribution is 5.80. The van der Waals surface area contributed by atoms with Crippen LogP contribution in [0, 0.1) is 0 Å². The minimum absolute atomic E-state index is 0.00797. The molecule has 0 radical (unpaired) electrons. The standard InChI is InChI=1S/C21H23N3O2/c1-21(2,3)24(14-16-9-5-4-6-10-16)20(26)15-23-18-12-8-7-11-17(18)22-13-19(23)25/h4-13H,14-15H2,1-3H3. The van der Waals surface area contributed by atoms with E-state index < -0.39 is 0 Å². The molecule has 0 spiro atoms. The predicted molar refractivity (Wildman–Crippen MR) is 103 cm³/mol. The fourth-order valence-electron chi connectivity index (χ4n) is 2.96. The second-order valence-corrected chi connectivity index (χ2v) is 7.31. The molecule has 0 saturated heterocycles. The van der Waals surface area contributed by atoms with E-state index in [4.69, 9.17) is 0 Å². The van der Waals surface area contributed by atoms with Crippen LogP contribution in [0.15, 0.2) is 65.6 Å². The summed E-state index contributed by atoms with van der Waals surface area (Å²) in [4.78, 5) is 31.4. The van der Waals surface area contributed by atoms with E-state index >= 15 is 0 Å². The average molecular weight is 349 g/mol. The fourth-order valence-corrected chi connectivity index (χ4v) is 2.96. The number of carbonyl (C=O) groups excluding carboxylic acids is 1. The van der Waals surface area contributed by atoms with Gasteiger partial charge in [-0.25, -0.2) is 4.98 Å². The van der Waals surface area contributed by atoms with E-state index in [1.165, 1.54) is 10.8 Å². The van der Waals surface area contributed by atoms with Gasteiger partial charge < -0.3 is 4.90 Å². The highest BCUT2D eigenvalue weighted by atomic mass is 16.2. The largest absolute Gasteiger partial charge is 0.332 e. The van der Waals surface area contributed by atoms with Crippen LogP contribution in [-0.4, -0.2) is 25.9 Å². The molecular formula is C21H23N3O2. The third kappa shape index (κ3) is 3.82. The summed E-state index contributed by atoms with van der Waals surface area (Å²) < 4.78 is 1.49. The molecule has 0 N–H and O–H groups in total.